The second-order valence-electron chi connectivity index (χ2n) is 7.05. The molecule has 2 nitrogen and oxygen atoms in total. The van der Waals surface area contributed by atoms with Crippen LogP contribution in [0, 0.1) is 5.92 Å². The van der Waals surface area contributed by atoms with E-state index in [9.17, 15) is 0 Å². The molecule has 0 saturated heterocycles. The van der Waals surface area contributed by atoms with Gasteiger partial charge < -0.3 is 11.5 Å². The van der Waals surface area contributed by atoms with Gasteiger partial charge in [0.15, 0.2) is 0 Å². The van der Waals surface area contributed by atoms with Crippen molar-refractivity contribution >= 4 is 0 Å². The summed E-state index contributed by atoms with van der Waals surface area (Å²) >= 11 is 0. The second kappa shape index (κ2) is 19.0. The van der Waals surface area contributed by atoms with E-state index in [0.717, 1.165) is 19.0 Å². The van der Waals surface area contributed by atoms with Gasteiger partial charge in [0.25, 0.3) is 0 Å². The molecular formula is C20H44N2. The Labute approximate surface area is 140 Å². The fourth-order valence-electron chi connectivity index (χ4n) is 3.32. The van der Waals surface area contributed by atoms with Crippen molar-refractivity contribution in [1.82, 2.24) is 0 Å². The molecule has 0 aromatic carbocycles. The van der Waals surface area contributed by atoms with Gasteiger partial charge in [0, 0.05) is 0 Å². The molecule has 0 amide bonds. The van der Waals surface area contributed by atoms with E-state index in [0.29, 0.717) is 0 Å². The summed E-state index contributed by atoms with van der Waals surface area (Å²) in [6.45, 7) is 4.05. The van der Waals surface area contributed by atoms with Crippen LogP contribution in [0.4, 0.5) is 0 Å². The molecule has 0 rings (SSSR count). The normalized spacial score (nSPS) is 12.7. The fraction of sp³-hybridized carbons (Fsp3) is 1.00. The largest absolute Gasteiger partial charge is 0.330 e. The van der Waals surface area contributed by atoms with Gasteiger partial charge >= 0.3 is 0 Å². The number of unbranched alkanes of at least 4 members (excludes halogenated alkanes) is 10. The first-order valence-electron chi connectivity index (χ1n) is 10.2. The molecule has 2 heteroatoms. The van der Waals surface area contributed by atoms with Gasteiger partial charge in [-0.05, 0) is 31.8 Å². The maximum Gasteiger partial charge on any atom is -0.00773 e. The van der Waals surface area contributed by atoms with Crippen LogP contribution in [-0.2, 0) is 0 Å². The third-order valence-electron chi connectivity index (χ3n) is 4.85. The Morgan fingerprint density at radius 1 is 0.500 bits per heavy atom. The molecule has 0 radical (unpaired) electrons. The first-order chi connectivity index (χ1) is 10.8. The highest BCUT2D eigenvalue weighted by Crippen LogP contribution is 2.23. The highest BCUT2D eigenvalue weighted by atomic mass is 14.5. The highest BCUT2D eigenvalue weighted by Gasteiger charge is 2.08. The standard InChI is InChI=1S/C20H44N2/c1-2-3-15-20(17-12-8-10-14-19-22)16-11-7-5-4-6-9-13-18-21/h20H,2-19,21-22H2,1H3. The van der Waals surface area contributed by atoms with Crippen LogP contribution in [0.3, 0.4) is 0 Å². The average molecular weight is 313 g/mol. The van der Waals surface area contributed by atoms with E-state index >= 15 is 0 Å². The molecule has 0 fully saturated rings. The van der Waals surface area contributed by atoms with E-state index in [1.165, 1.54) is 103 Å². The molecule has 0 aromatic rings. The molecule has 0 heterocycles. The predicted molar refractivity (Wildman–Crippen MR) is 101 cm³/mol. The van der Waals surface area contributed by atoms with Gasteiger partial charge in [0.2, 0.25) is 0 Å². The van der Waals surface area contributed by atoms with Gasteiger partial charge in [-0.3, -0.25) is 0 Å². The Kier molecular flexibility index (Phi) is 18.9. The van der Waals surface area contributed by atoms with E-state index < -0.39 is 0 Å². The van der Waals surface area contributed by atoms with E-state index in [1.54, 1.807) is 0 Å². The van der Waals surface area contributed by atoms with Crippen LogP contribution in [0.15, 0.2) is 0 Å². The molecule has 0 aromatic heterocycles. The Morgan fingerprint density at radius 2 is 0.864 bits per heavy atom. The molecule has 0 aliphatic carbocycles. The van der Waals surface area contributed by atoms with Crippen LogP contribution < -0.4 is 11.5 Å². The van der Waals surface area contributed by atoms with Crippen molar-refractivity contribution in [2.45, 2.75) is 110 Å². The van der Waals surface area contributed by atoms with Gasteiger partial charge in [0.05, 0.1) is 0 Å². The van der Waals surface area contributed by atoms with Crippen LogP contribution in [0.5, 0.6) is 0 Å². The van der Waals surface area contributed by atoms with Crippen molar-refractivity contribution in [3.63, 3.8) is 0 Å². The zero-order valence-electron chi connectivity index (χ0n) is 15.5. The minimum Gasteiger partial charge on any atom is -0.330 e. The summed E-state index contributed by atoms with van der Waals surface area (Å²) in [6, 6.07) is 0. The molecule has 0 aliphatic heterocycles. The molecule has 1 unspecified atom stereocenters. The maximum absolute atomic E-state index is 5.56. The van der Waals surface area contributed by atoms with Crippen molar-refractivity contribution in [1.29, 1.82) is 0 Å². The van der Waals surface area contributed by atoms with Crippen molar-refractivity contribution in [2.24, 2.45) is 17.4 Å². The van der Waals surface area contributed by atoms with Crippen molar-refractivity contribution < 1.29 is 0 Å². The quantitative estimate of drug-likeness (QED) is 0.315. The third-order valence-corrected chi connectivity index (χ3v) is 4.85. The zero-order chi connectivity index (χ0) is 16.3. The molecule has 22 heavy (non-hydrogen) atoms. The van der Waals surface area contributed by atoms with E-state index in [1.807, 2.05) is 0 Å². The van der Waals surface area contributed by atoms with Crippen molar-refractivity contribution in [3.8, 4) is 0 Å². The second-order valence-corrected chi connectivity index (χ2v) is 7.05. The number of hydrogen-bond donors (Lipinski definition) is 2. The fourth-order valence-corrected chi connectivity index (χ4v) is 3.32. The number of hydrogen-bond acceptors (Lipinski definition) is 2. The molecule has 0 saturated carbocycles. The molecule has 1 atom stereocenters. The van der Waals surface area contributed by atoms with Crippen LogP contribution in [-0.4, -0.2) is 13.1 Å². The molecule has 0 spiro atoms. The van der Waals surface area contributed by atoms with Crippen molar-refractivity contribution in [2.75, 3.05) is 13.1 Å². The summed E-state index contributed by atoms with van der Waals surface area (Å²) in [5.74, 6) is 0.995. The lowest BCUT2D eigenvalue weighted by Gasteiger charge is -2.16. The topological polar surface area (TPSA) is 52.0 Å². The molecule has 0 bridgehead atoms. The molecule has 0 aliphatic rings. The van der Waals surface area contributed by atoms with Crippen molar-refractivity contribution in [3.05, 3.63) is 0 Å². The highest BCUT2D eigenvalue weighted by molar-refractivity contribution is 4.61. The third kappa shape index (κ3) is 16.3. The van der Waals surface area contributed by atoms with Gasteiger partial charge in [-0.15, -0.1) is 0 Å². The molecule has 134 valence electrons. The van der Waals surface area contributed by atoms with E-state index in [-0.39, 0.29) is 0 Å². The van der Waals surface area contributed by atoms with E-state index in [2.05, 4.69) is 6.92 Å². The Morgan fingerprint density at radius 3 is 1.27 bits per heavy atom. The maximum atomic E-state index is 5.56. The van der Waals surface area contributed by atoms with E-state index in [4.69, 9.17) is 11.5 Å². The summed E-state index contributed by atoms with van der Waals surface area (Å²) in [4.78, 5) is 0. The summed E-state index contributed by atoms with van der Waals surface area (Å²) in [5, 5.41) is 0. The average Bonchev–Trinajstić information content (AvgIpc) is 2.54. The first-order valence-corrected chi connectivity index (χ1v) is 10.2. The van der Waals surface area contributed by atoms with Gasteiger partial charge in [-0.2, -0.15) is 0 Å². The summed E-state index contributed by atoms with van der Waals surface area (Å²) in [5.41, 5.74) is 11.1. The number of nitrogens with two attached hydrogens (primary N) is 2. The lowest BCUT2D eigenvalue weighted by molar-refractivity contribution is 0.371. The van der Waals surface area contributed by atoms with Crippen LogP contribution in [0.2, 0.25) is 0 Å². The summed E-state index contributed by atoms with van der Waals surface area (Å²) in [7, 11) is 0. The van der Waals surface area contributed by atoms with Crippen LogP contribution >= 0.6 is 0 Å². The summed E-state index contributed by atoms with van der Waals surface area (Å²) < 4.78 is 0. The zero-order valence-corrected chi connectivity index (χ0v) is 15.5. The first kappa shape index (κ1) is 21.9. The predicted octanol–water partition coefficient (Wildman–Crippen LogP) is 5.78. The van der Waals surface area contributed by atoms with Gasteiger partial charge in [-0.1, -0.05) is 96.8 Å². The monoisotopic (exact) mass is 312 g/mol. The van der Waals surface area contributed by atoms with Gasteiger partial charge in [-0.25, -0.2) is 0 Å². The summed E-state index contributed by atoms with van der Waals surface area (Å²) in [6.07, 6.45) is 22.2. The van der Waals surface area contributed by atoms with Gasteiger partial charge in [0.1, 0.15) is 0 Å². The lowest BCUT2D eigenvalue weighted by Crippen LogP contribution is -2.02. The SMILES string of the molecule is CCCCC(CCCCCCN)CCCCCCCCCN. The Bertz CT molecular complexity index is 194. The Balaban J connectivity index is 3.53. The molecule has 4 N–H and O–H groups in total. The van der Waals surface area contributed by atoms with Crippen LogP contribution in [0.1, 0.15) is 110 Å². The Hall–Kier alpha value is -0.0800. The smallest absolute Gasteiger partial charge is 0.00773 e. The minimum atomic E-state index is 0.865. The number of rotatable bonds is 18. The van der Waals surface area contributed by atoms with Crippen LogP contribution in [0.25, 0.3) is 0 Å². The minimum absolute atomic E-state index is 0.865. The lowest BCUT2D eigenvalue weighted by atomic mass is 9.90. The molecular weight excluding hydrogens is 268 g/mol.